The Bertz CT molecular complexity index is 340. The molecule has 1 saturated carbocycles. The first-order valence-electron chi connectivity index (χ1n) is 7.15. The lowest BCUT2D eigenvalue weighted by Gasteiger charge is -2.29. The number of Topliss-reactive ketones (excluding diaryl/α,β-unsaturated/α-hetero) is 1. The van der Waals surface area contributed by atoms with Crippen LogP contribution in [-0.2, 0) is 9.53 Å². The average molecular weight is 253 g/mol. The zero-order chi connectivity index (χ0) is 13.6. The van der Waals surface area contributed by atoms with Crippen LogP contribution in [0.3, 0.4) is 0 Å². The Labute approximate surface area is 110 Å². The van der Waals surface area contributed by atoms with Crippen molar-refractivity contribution >= 4 is 5.78 Å². The molecule has 1 aliphatic carbocycles. The van der Waals surface area contributed by atoms with Gasteiger partial charge < -0.3 is 10.5 Å². The Balaban J connectivity index is 2.05. The number of hydrogen-bond donors (Lipinski definition) is 1. The number of carbonyl (C=O) groups excluding carboxylic acids is 1. The van der Waals surface area contributed by atoms with Crippen LogP contribution in [0.4, 0.5) is 0 Å². The van der Waals surface area contributed by atoms with Crippen LogP contribution in [0.2, 0.25) is 0 Å². The Morgan fingerprint density at radius 3 is 2.22 bits per heavy atom. The van der Waals surface area contributed by atoms with Gasteiger partial charge in [0, 0.05) is 17.9 Å². The maximum Gasteiger partial charge on any atom is 0.140 e. The predicted octanol–water partition coefficient (Wildman–Crippen LogP) is 2.81. The van der Waals surface area contributed by atoms with Crippen molar-refractivity contribution in [3.05, 3.63) is 0 Å². The van der Waals surface area contributed by atoms with Gasteiger partial charge in [-0.3, -0.25) is 4.79 Å². The summed E-state index contributed by atoms with van der Waals surface area (Å²) in [6.45, 7) is 8.19. The van der Waals surface area contributed by atoms with E-state index in [4.69, 9.17) is 10.5 Å². The fourth-order valence-corrected chi connectivity index (χ4v) is 3.79. The summed E-state index contributed by atoms with van der Waals surface area (Å²) in [7, 11) is 0. The molecule has 1 saturated heterocycles. The molecule has 0 amide bonds. The zero-order valence-corrected chi connectivity index (χ0v) is 12.2. The summed E-state index contributed by atoms with van der Waals surface area (Å²) in [5, 5.41) is 0. The minimum atomic E-state index is -0.352. The summed E-state index contributed by atoms with van der Waals surface area (Å²) in [6, 6.07) is 0. The van der Waals surface area contributed by atoms with Gasteiger partial charge in [-0.1, -0.05) is 12.8 Å². The van der Waals surface area contributed by atoms with Gasteiger partial charge in [-0.05, 0) is 47.0 Å². The Hall–Kier alpha value is -0.410. The first-order valence-corrected chi connectivity index (χ1v) is 7.15. The smallest absolute Gasteiger partial charge is 0.140 e. The van der Waals surface area contributed by atoms with E-state index < -0.39 is 0 Å². The van der Waals surface area contributed by atoms with Crippen LogP contribution in [0.15, 0.2) is 0 Å². The molecular weight excluding hydrogens is 226 g/mol. The van der Waals surface area contributed by atoms with Crippen molar-refractivity contribution in [2.75, 3.05) is 0 Å². The summed E-state index contributed by atoms with van der Waals surface area (Å²) in [5.74, 6) is 0.295. The quantitative estimate of drug-likeness (QED) is 0.841. The number of rotatable bonds is 3. The largest absolute Gasteiger partial charge is 0.369 e. The van der Waals surface area contributed by atoms with Gasteiger partial charge in [0.05, 0.1) is 11.2 Å². The molecular formula is C15H27NO2. The van der Waals surface area contributed by atoms with Gasteiger partial charge in [0.2, 0.25) is 0 Å². The first-order chi connectivity index (χ1) is 8.14. The monoisotopic (exact) mass is 253 g/mol. The van der Waals surface area contributed by atoms with E-state index >= 15 is 0 Å². The molecule has 3 heteroatoms. The molecule has 0 aromatic carbocycles. The molecule has 2 aliphatic rings. The third-order valence-corrected chi connectivity index (χ3v) is 4.59. The molecule has 1 aliphatic heterocycles. The highest BCUT2D eigenvalue weighted by atomic mass is 16.5. The number of nitrogens with two attached hydrogens (primary N) is 1. The van der Waals surface area contributed by atoms with Gasteiger partial charge in [0.15, 0.2) is 0 Å². The van der Waals surface area contributed by atoms with Gasteiger partial charge in [0.25, 0.3) is 0 Å². The minimum absolute atomic E-state index is 0.00600. The zero-order valence-electron chi connectivity index (χ0n) is 12.2. The number of ether oxygens (including phenoxy) is 1. The first kappa shape index (κ1) is 14.0. The van der Waals surface area contributed by atoms with Crippen molar-refractivity contribution in [2.45, 2.75) is 83.0 Å². The Morgan fingerprint density at radius 1 is 1.22 bits per heavy atom. The van der Waals surface area contributed by atoms with Crippen molar-refractivity contribution in [3.8, 4) is 0 Å². The minimum Gasteiger partial charge on any atom is -0.369 e. The summed E-state index contributed by atoms with van der Waals surface area (Å²) in [5.41, 5.74) is 5.54. The molecule has 2 N–H and O–H groups in total. The molecule has 1 heterocycles. The van der Waals surface area contributed by atoms with Crippen molar-refractivity contribution < 1.29 is 9.53 Å². The molecule has 0 radical (unpaired) electrons. The van der Waals surface area contributed by atoms with Gasteiger partial charge in [-0.15, -0.1) is 0 Å². The molecule has 1 atom stereocenters. The van der Waals surface area contributed by atoms with Crippen molar-refractivity contribution in [1.82, 2.24) is 0 Å². The van der Waals surface area contributed by atoms with Crippen molar-refractivity contribution in [1.29, 1.82) is 0 Å². The molecule has 18 heavy (non-hydrogen) atoms. The molecule has 0 spiro atoms. The molecule has 2 rings (SSSR count). The number of ketones is 1. The summed E-state index contributed by atoms with van der Waals surface area (Å²) in [4.78, 5) is 12.5. The maximum atomic E-state index is 12.5. The molecule has 104 valence electrons. The maximum absolute atomic E-state index is 12.5. The summed E-state index contributed by atoms with van der Waals surface area (Å²) >= 11 is 0. The van der Waals surface area contributed by atoms with E-state index in [1.807, 2.05) is 13.8 Å². The van der Waals surface area contributed by atoms with Crippen LogP contribution < -0.4 is 5.73 Å². The lowest BCUT2D eigenvalue weighted by atomic mass is 9.79. The highest BCUT2D eigenvalue weighted by molar-refractivity contribution is 5.83. The van der Waals surface area contributed by atoms with Crippen LogP contribution in [-0.4, -0.2) is 22.5 Å². The van der Waals surface area contributed by atoms with Crippen molar-refractivity contribution in [2.24, 2.45) is 11.7 Å². The molecule has 3 nitrogen and oxygen atoms in total. The van der Waals surface area contributed by atoms with Crippen LogP contribution >= 0.6 is 0 Å². The Kier molecular flexibility index (Phi) is 3.35. The van der Waals surface area contributed by atoms with E-state index in [2.05, 4.69) is 13.8 Å². The molecule has 0 aromatic heterocycles. The van der Waals surface area contributed by atoms with Crippen LogP contribution in [0.25, 0.3) is 0 Å². The SMILES string of the molecule is CC1(C)CC(C(=O)CC2(N)CCCC2)C(C)(C)O1. The lowest BCUT2D eigenvalue weighted by molar-refractivity contribution is -0.130. The van der Waals surface area contributed by atoms with E-state index in [0.29, 0.717) is 12.2 Å². The van der Waals surface area contributed by atoms with Crippen molar-refractivity contribution in [3.63, 3.8) is 0 Å². The molecule has 0 bridgehead atoms. The molecule has 1 unspecified atom stereocenters. The van der Waals surface area contributed by atoms with Gasteiger partial charge in [-0.2, -0.15) is 0 Å². The van der Waals surface area contributed by atoms with E-state index in [1.54, 1.807) is 0 Å². The van der Waals surface area contributed by atoms with E-state index in [9.17, 15) is 4.79 Å². The van der Waals surface area contributed by atoms with Gasteiger partial charge >= 0.3 is 0 Å². The Morgan fingerprint density at radius 2 is 1.78 bits per heavy atom. The van der Waals surface area contributed by atoms with Crippen LogP contribution in [0.5, 0.6) is 0 Å². The molecule has 2 fully saturated rings. The third-order valence-electron chi connectivity index (χ3n) is 4.59. The van der Waals surface area contributed by atoms with Crippen LogP contribution in [0.1, 0.15) is 66.2 Å². The normalized spacial score (nSPS) is 32.6. The second-order valence-electron chi connectivity index (χ2n) is 7.43. The summed E-state index contributed by atoms with van der Waals surface area (Å²) < 4.78 is 6.01. The standard InChI is InChI=1S/C15H27NO2/c1-13(2)9-11(14(3,4)18-13)12(17)10-15(16)7-5-6-8-15/h11H,5-10,16H2,1-4H3. The number of hydrogen-bond acceptors (Lipinski definition) is 3. The predicted molar refractivity (Wildman–Crippen MR) is 72.4 cm³/mol. The fraction of sp³-hybridized carbons (Fsp3) is 0.933. The fourth-order valence-electron chi connectivity index (χ4n) is 3.79. The van der Waals surface area contributed by atoms with Gasteiger partial charge in [0.1, 0.15) is 5.78 Å². The van der Waals surface area contributed by atoms with E-state index in [-0.39, 0.29) is 22.7 Å². The third kappa shape index (κ3) is 2.77. The highest BCUT2D eigenvalue weighted by Gasteiger charge is 2.50. The second-order valence-corrected chi connectivity index (χ2v) is 7.43. The second kappa shape index (κ2) is 4.31. The van der Waals surface area contributed by atoms with E-state index in [0.717, 1.165) is 19.3 Å². The number of carbonyl (C=O) groups is 1. The van der Waals surface area contributed by atoms with Crippen LogP contribution in [0, 0.1) is 5.92 Å². The molecule has 0 aromatic rings. The highest BCUT2D eigenvalue weighted by Crippen LogP contribution is 2.44. The lowest BCUT2D eigenvalue weighted by Crippen LogP contribution is -2.43. The average Bonchev–Trinajstić information content (AvgIpc) is 2.67. The topological polar surface area (TPSA) is 52.3 Å². The summed E-state index contributed by atoms with van der Waals surface area (Å²) in [6.07, 6.45) is 5.67. The van der Waals surface area contributed by atoms with E-state index in [1.165, 1.54) is 12.8 Å². The van der Waals surface area contributed by atoms with Gasteiger partial charge in [-0.25, -0.2) is 0 Å².